The lowest BCUT2D eigenvalue weighted by Gasteiger charge is -2.16. The summed E-state index contributed by atoms with van der Waals surface area (Å²) in [6.07, 6.45) is -9.28. The molecule has 0 amide bonds. The van der Waals surface area contributed by atoms with Crippen LogP contribution in [0.2, 0.25) is 0 Å². The molecule has 0 unspecified atom stereocenters. The number of thiocarbonyl (C=S) groups is 1. The van der Waals surface area contributed by atoms with Crippen molar-refractivity contribution >= 4 is 23.0 Å². The standard InChI is InChI=1S/C10H8F6N2OS/c11-9(12,13)4-19-7-2-1-5(10(14,15)16)3-6(7)18-8(17)20/h1-3H,4H2,(H3,17,18,20). The lowest BCUT2D eigenvalue weighted by atomic mass is 10.2. The summed E-state index contributed by atoms with van der Waals surface area (Å²) in [5, 5.41) is 1.74. The van der Waals surface area contributed by atoms with Crippen LogP contribution in [0.1, 0.15) is 5.56 Å². The van der Waals surface area contributed by atoms with Crippen LogP contribution in [0.25, 0.3) is 0 Å². The number of alkyl halides is 6. The lowest BCUT2D eigenvalue weighted by molar-refractivity contribution is -0.153. The van der Waals surface area contributed by atoms with Crippen LogP contribution in [-0.4, -0.2) is 17.9 Å². The van der Waals surface area contributed by atoms with Crippen LogP contribution in [0.4, 0.5) is 32.0 Å². The summed E-state index contributed by atoms with van der Waals surface area (Å²) in [7, 11) is 0. The van der Waals surface area contributed by atoms with E-state index in [1.807, 2.05) is 0 Å². The van der Waals surface area contributed by atoms with E-state index in [0.717, 1.165) is 6.07 Å². The molecular weight excluding hydrogens is 310 g/mol. The minimum atomic E-state index is -4.66. The van der Waals surface area contributed by atoms with Gasteiger partial charge in [0.05, 0.1) is 11.3 Å². The van der Waals surface area contributed by atoms with Gasteiger partial charge in [-0.1, -0.05) is 0 Å². The van der Waals surface area contributed by atoms with Crippen molar-refractivity contribution in [2.24, 2.45) is 5.73 Å². The molecule has 0 saturated heterocycles. The molecule has 0 heterocycles. The van der Waals surface area contributed by atoms with Gasteiger partial charge >= 0.3 is 12.4 Å². The molecular formula is C10H8F6N2OS. The van der Waals surface area contributed by atoms with E-state index in [-0.39, 0.29) is 0 Å². The van der Waals surface area contributed by atoms with Gasteiger partial charge in [0, 0.05) is 0 Å². The first-order chi connectivity index (χ1) is 8.99. The first kappa shape index (κ1) is 16.3. The summed E-state index contributed by atoms with van der Waals surface area (Å²) in [6, 6.07) is 1.91. The smallest absolute Gasteiger partial charge is 0.422 e. The molecule has 0 radical (unpaired) electrons. The Morgan fingerprint density at radius 3 is 2.25 bits per heavy atom. The Labute approximate surface area is 114 Å². The number of halogens is 6. The molecule has 0 aliphatic carbocycles. The summed E-state index contributed by atoms with van der Waals surface area (Å²) in [6.45, 7) is -1.65. The van der Waals surface area contributed by atoms with Crippen molar-refractivity contribution in [2.75, 3.05) is 11.9 Å². The maximum atomic E-state index is 12.5. The zero-order valence-electron chi connectivity index (χ0n) is 9.60. The third-order valence-electron chi connectivity index (χ3n) is 1.96. The highest BCUT2D eigenvalue weighted by molar-refractivity contribution is 7.80. The van der Waals surface area contributed by atoms with E-state index in [4.69, 9.17) is 5.73 Å². The van der Waals surface area contributed by atoms with E-state index >= 15 is 0 Å². The van der Waals surface area contributed by atoms with Crippen molar-refractivity contribution in [3.05, 3.63) is 23.8 Å². The fraction of sp³-hybridized carbons (Fsp3) is 0.300. The Morgan fingerprint density at radius 2 is 1.80 bits per heavy atom. The van der Waals surface area contributed by atoms with E-state index in [2.05, 4.69) is 22.3 Å². The van der Waals surface area contributed by atoms with Gasteiger partial charge in [-0.15, -0.1) is 0 Å². The third-order valence-corrected chi connectivity index (χ3v) is 2.06. The van der Waals surface area contributed by atoms with Gasteiger partial charge in [-0.05, 0) is 30.4 Å². The van der Waals surface area contributed by atoms with Crippen molar-refractivity contribution in [2.45, 2.75) is 12.4 Å². The highest BCUT2D eigenvalue weighted by Crippen LogP contribution is 2.35. The summed E-state index contributed by atoms with van der Waals surface area (Å²) in [4.78, 5) is 0. The van der Waals surface area contributed by atoms with Gasteiger partial charge in [-0.2, -0.15) is 26.3 Å². The van der Waals surface area contributed by atoms with E-state index in [9.17, 15) is 26.3 Å². The average molecular weight is 318 g/mol. The summed E-state index contributed by atoms with van der Waals surface area (Å²) in [5.41, 5.74) is 3.63. The highest BCUT2D eigenvalue weighted by Gasteiger charge is 2.32. The number of anilines is 1. The molecule has 0 aliphatic rings. The number of hydrogen-bond donors (Lipinski definition) is 2. The second kappa shape index (κ2) is 5.73. The Balaban J connectivity index is 3.07. The normalized spacial score (nSPS) is 12.1. The lowest BCUT2D eigenvalue weighted by Crippen LogP contribution is -2.22. The van der Waals surface area contributed by atoms with Gasteiger partial charge in [0.1, 0.15) is 5.75 Å². The van der Waals surface area contributed by atoms with Crippen LogP contribution < -0.4 is 15.8 Å². The van der Waals surface area contributed by atoms with Crippen LogP contribution in [0.15, 0.2) is 18.2 Å². The van der Waals surface area contributed by atoms with Crippen LogP contribution in [0, 0.1) is 0 Å². The fourth-order valence-electron chi connectivity index (χ4n) is 1.22. The number of rotatable bonds is 3. The van der Waals surface area contributed by atoms with Crippen molar-refractivity contribution in [3.63, 3.8) is 0 Å². The topological polar surface area (TPSA) is 47.3 Å². The average Bonchev–Trinajstić information content (AvgIpc) is 2.24. The molecule has 1 aromatic carbocycles. The first-order valence-electron chi connectivity index (χ1n) is 4.96. The Bertz CT molecular complexity index is 500. The van der Waals surface area contributed by atoms with Crippen molar-refractivity contribution < 1.29 is 31.1 Å². The quantitative estimate of drug-likeness (QED) is 0.663. The molecule has 1 aromatic rings. The first-order valence-corrected chi connectivity index (χ1v) is 5.37. The van der Waals surface area contributed by atoms with Crippen molar-refractivity contribution in [1.29, 1.82) is 0 Å². The van der Waals surface area contributed by atoms with E-state index in [1.54, 1.807) is 0 Å². The maximum Gasteiger partial charge on any atom is 0.422 e. The largest absolute Gasteiger partial charge is 0.482 e. The number of nitrogens with two attached hydrogens (primary N) is 1. The minimum absolute atomic E-state index is 0.392. The number of ether oxygens (including phenoxy) is 1. The Hall–Kier alpha value is -1.71. The van der Waals surface area contributed by atoms with E-state index < -0.39 is 41.1 Å². The molecule has 10 heteroatoms. The molecule has 1 rings (SSSR count). The molecule has 0 aromatic heterocycles. The number of benzene rings is 1. The Kier molecular flexibility index (Phi) is 4.69. The molecule has 0 aliphatic heterocycles. The second-order valence-corrected chi connectivity index (χ2v) is 4.04. The predicted molar refractivity (Wildman–Crippen MR) is 63.4 cm³/mol. The summed E-state index contributed by atoms with van der Waals surface area (Å²) < 4.78 is 78.0. The van der Waals surface area contributed by atoms with Crippen LogP contribution in [-0.2, 0) is 6.18 Å². The van der Waals surface area contributed by atoms with Gasteiger partial charge in [0.2, 0.25) is 0 Å². The number of nitrogens with one attached hydrogen (secondary N) is 1. The molecule has 0 bridgehead atoms. The van der Waals surface area contributed by atoms with Gasteiger partial charge in [0.15, 0.2) is 11.7 Å². The van der Waals surface area contributed by atoms with Gasteiger partial charge in [-0.25, -0.2) is 0 Å². The molecule has 0 atom stereocenters. The Morgan fingerprint density at radius 1 is 1.20 bits per heavy atom. The molecule has 0 spiro atoms. The molecule has 0 fully saturated rings. The zero-order valence-corrected chi connectivity index (χ0v) is 10.4. The fourth-order valence-corrected chi connectivity index (χ4v) is 1.33. The molecule has 3 nitrogen and oxygen atoms in total. The maximum absolute atomic E-state index is 12.5. The monoisotopic (exact) mass is 318 g/mol. The van der Waals surface area contributed by atoms with Crippen LogP contribution >= 0.6 is 12.2 Å². The molecule has 20 heavy (non-hydrogen) atoms. The van der Waals surface area contributed by atoms with Gasteiger partial charge < -0.3 is 15.8 Å². The van der Waals surface area contributed by atoms with Gasteiger partial charge in [0.25, 0.3) is 0 Å². The SMILES string of the molecule is NC(=S)Nc1cc(C(F)(F)F)ccc1OCC(F)(F)F. The van der Waals surface area contributed by atoms with E-state index in [0.29, 0.717) is 12.1 Å². The van der Waals surface area contributed by atoms with Crippen molar-refractivity contribution in [1.82, 2.24) is 0 Å². The third kappa shape index (κ3) is 5.11. The van der Waals surface area contributed by atoms with Crippen LogP contribution in [0.5, 0.6) is 5.75 Å². The zero-order chi connectivity index (χ0) is 15.6. The van der Waals surface area contributed by atoms with E-state index in [1.165, 1.54) is 0 Å². The highest BCUT2D eigenvalue weighted by atomic mass is 32.1. The second-order valence-electron chi connectivity index (χ2n) is 3.60. The molecule has 112 valence electrons. The minimum Gasteiger partial charge on any atom is -0.482 e. The van der Waals surface area contributed by atoms with Crippen molar-refractivity contribution in [3.8, 4) is 5.75 Å². The number of hydrogen-bond acceptors (Lipinski definition) is 2. The summed E-state index contributed by atoms with van der Waals surface area (Å²) in [5.74, 6) is -0.442. The summed E-state index contributed by atoms with van der Waals surface area (Å²) >= 11 is 4.44. The predicted octanol–water partition coefficient (Wildman–Crippen LogP) is 3.30. The van der Waals surface area contributed by atoms with Crippen LogP contribution in [0.3, 0.4) is 0 Å². The molecule has 0 saturated carbocycles. The molecule has 3 N–H and O–H groups in total. The van der Waals surface area contributed by atoms with Gasteiger partial charge in [-0.3, -0.25) is 0 Å².